The number of amides is 2. The summed E-state index contributed by atoms with van der Waals surface area (Å²) in [6, 6.07) is 5.02. The van der Waals surface area contributed by atoms with E-state index in [1.807, 2.05) is 0 Å². The summed E-state index contributed by atoms with van der Waals surface area (Å²) >= 11 is 0. The Kier molecular flexibility index (Phi) is 6.09. The molecule has 2 aromatic rings. The van der Waals surface area contributed by atoms with E-state index in [0.29, 0.717) is 30.3 Å². The van der Waals surface area contributed by atoms with Crippen LogP contribution < -0.4 is 0 Å². The van der Waals surface area contributed by atoms with Gasteiger partial charge >= 0.3 is 6.18 Å². The van der Waals surface area contributed by atoms with Gasteiger partial charge in [-0.15, -0.1) is 0 Å². The summed E-state index contributed by atoms with van der Waals surface area (Å²) < 4.78 is 67.9. The summed E-state index contributed by atoms with van der Waals surface area (Å²) in [5.41, 5.74) is 0.444. The maximum Gasteiger partial charge on any atom is 0.419 e. The third-order valence-electron chi connectivity index (χ3n) is 6.90. The molecular weight excluding hydrogens is 483 g/mol. The Bertz CT molecular complexity index is 1280. The van der Waals surface area contributed by atoms with Crippen LogP contribution in [-0.4, -0.2) is 65.0 Å². The van der Waals surface area contributed by atoms with Gasteiger partial charge in [0, 0.05) is 44.1 Å². The van der Waals surface area contributed by atoms with Gasteiger partial charge in [-0.3, -0.25) is 19.6 Å². The van der Waals surface area contributed by atoms with Gasteiger partial charge in [0.2, 0.25) is 0 Å². The number of pyridine rings is 1. The summed E-state index contributed by atoms with van der Waals surface area (Å²) in [6.07, 6.45) is -1.64. The molecule has 0 aliphatic carbocycles. The Morgan fingerprint density at radius 1 is 0.972 bits per heavy atom. The molecular formula is C25H21F5N4O2. The largest absolute Gasteiger partial charge is 0.419 e. The smallest absolute Gasteiger partial charge is 0.337 e. The van der Waals surface area contributed by atoms with Gasteiger partial charge in [-0.25, -0.2) is 8.78 Å². The van der Waals surface area contributed by atoms with Crippen LogP contribution in [0.25, 0.3) is 0 Å². The number of benzene rings is 1. The molecule has 0 spiro atoms. The number of hydrogen-bond donors (Lipinski definition) is 0. The van der Waals surface area contributed by atoms with Crippen LogP contribution in [0.5, 0.6) is 0 Å². The predicted molar refractivity (Wildman–Crippen MR) is 119 cm³/mol. The lowest BCUT2D eigenvalue weighted by Crippen LogP contribution is -2.43. The van der Waals surface area contributed by atoms with E-state index in [1.165, 1.54) is 11.1 Å². The molecule has 4 heterocycles. The van der Waals surface area contributed by atoms with Gasteiger partial charge in [-0.1, -0.05) is 6.07 Å². The molecule has 188 valence electrons. The van der Waals surface area contributed by atoms with Gasteiger partial charge < -0.3 is 9.80 Å². The molecule has 11 heteroatoms. The van der Waals surface area contributed by atoms with Crippen molar-refractivity contribution < 1.29 is 31.5 Å². The number of alkyl halides is 3. The average molecular weight is 504 g/mol. The van der Waals surface area contributed by atoms with Crippen LogP contribution in [0.4, 0.5) is 22.0 Å². The first-order chi connectivity index (χ1) is 17.1. The van der Waals surface area contributed by atoms with Gasteiger partial charge in [0.05, 0.1) is 17.7 Å². The normalized spacial score (nSPS) is 18.5. The van der Waals surface area contributed by atoms with E-state index < -0.39 is 29.3 Å². The van der Waals surface area contributed by atoms with Crippen molar-refractivity contribution in [3.63, 3.8) is 0 Å². The number of aliphatic imine (C=N–C) groups is 1. The molecule has 0 N–H and O–H groups in total. The van der Waals surface area contributed by atoms with Crippen LogP contribution in [0.2, 0.25) is 0 Å². The van der Waals surface area contributed by atoms with E-state index in [0.717, 1.165) is 11.6 Å². The highest BCUT2D eigenvalue weighted by Gasteiger charge is 2.41. The molecule has 0 saturated carbocycles. The fraction of sp³-hybridized carbons (Fsp3) is 0.360. The maximum atomic E-state index is 14.0. The maximum absolute atomic E-state index is 14.0. The molecule has 1 saturated heterocycles. The number of nitrogens with zero attached hydrogens (tertiary/aromatic N) is 4. The number of aromatic nitrogens is 1. The number of halogens is 5. The molecule has 5 rings (SSSR count). The second-order valence-electron chi connectivity index (χ2n) is 9.04. The fourth-order valence-corrected chi connectivity index (χ4v) is 5.09. The van der Waals surface area contributed by atoms with E-state index in [-0.39, 0.29) is 55.6 Å². The Morgan fingerprint density at radius 3 is 2.39 bits per heavy atom. The summed E-state index contributed by atoms with van der Waals surface area (Å²) in [7, 11) is 0. The minimum absolute atomic E-state index is 0.153. The summed E-state index contributed by atoms with van der Waals surface area (Å²) in [5, 5.41) is 0. The first kappa shape index (κ1) is 24.1. The van der Waals surface area contributed by atoms with Crippen molar-refractivity contribution in [3.05, 3.63) is 76.1 Å². The van der Waals surface area contributed by atoms with Gasteiger partial charge in [0.25, 0.3) is 11.8 Å². The molecule has 3 aliphatic rings. The molecule has 1 aromatic carbocycles. The zero-order valence-corrected chi connectivity index (χ0v) is 19.0. The molecule has 0 radical (unpaired) electrons. The lowest BCUT2D eigenvalue weighted by molar-refractivity contribution is -0.141. The lowest BCUT2D eigenvalue weighted by Gasteiger charge is -2.33. The standard InChI is InChI=1S/C25H21F5N4O2/c26-19-4-3-17(20(21(19)27)25(28,29)30)14-5-8-33(9-6-14)24(36)22-18-13-34(12-16(18)11-32-22)23(35)15-2-1-7-31-10-15/h1-4,7,10,14H,5-6,8-9,11-13H2. The topological polar surface area (TPSA) is 65.9 Å². The SMILES string of the molecule is O=C(C1=NCC2=C1CN(C(=O)c1cccnc1)C2)N1CCC(c2ccc(F)c(F)c2C(F)(F)F)CC1. The van der Waals surface area contributed by atoms with E-state index >= 15 is 0 Å². The molecule has 6 nitrogen and oxygen atoms in total. The third-order valence-corrected chi connectivity index (χ3v) is 6.90. The van der Waals surface area contributed by atoms with E-state index in [2.05, 4.69) is 9.98 Å². The van der Waals surface area contributed by atoms with Crippen LogP contribution in [0.1, 0.15) is 40.2 Å². The highest BCUT2D eigenvalue weighted by atomic mass is 19.4. The van der Waals surface area contributed by atoms with Gasteiger partial charge in [0.15, 0.2) is 11.6 Å². The van der Waals surface area contributed by atoms with Gasteiger partial charge in [0.1, 0.15) is 5.71 Å². The molecule has 3 aliphatic heterocycles. The molecule has 1 fully saturated rings. The van der Waals surface area contributed by atoms with E-state index in [1.54, 1.807) is 23.2 Å². The van der Waals surface area contributed by atoms with Crippen LogP contribution in [0.3, 0.4) is 0 Å². The van der Waals surface area contributed by atoms with Crippen LogP contribution in [0, 0.1) is 11.6 Å². The third kappa shape index (κ3) is 4.27. The molecule has 36 heavy (non-hydrogen) atoms. The van der Waals surface area contributed by atoms with Crippen LogP contribution in [-0.2, 0) is 11.0 Å². The summed E-state index contributed by atoms with van der Waals surface area (Å²) in [5.74, 6) is -4.65. The number of carbonyl (C=O) groups excluding carboxylic acids is 2. The van der Waals surface area contributed by atoms with E-state index in [4.69, 9.17) is 0 Å². The first-order valence-electron chi connectivity index (χ1n) is 11.4. The Balaban J connectivity index is 1.25. The van der Waals surface area contributed by atoms with Crippen molar-refractivity contribution in [2.45, 2.75) is 24.9 Å². The fourth-order valence-electron chi connectivity index (χ4n) is 5.09. The summed E-state index contributed by atoms with van der Waals surface area (Å²) in [6.45, 7) is 1.22. The monoisotopic (exact) mass is 504 g/mol. The molecule has 2 amide bonds. The van der Waals surface area contributed by atoms with Crippen molar-refractivity contribution in [3.8, 4) is 0 Å². The van der Waals surface area contributed by atoms with Crippen molar-refractivity contribution in [2.24, 2.45) is 4.99 Å². The predicted octanol–water partition coefficient (Wildman–Crippen LogP) is 3.99. The number of piperidine rings is 1. The minimum atomic E-state index is -5.03. The van der Waals surface area contributed by atoms with Gasteiger partial charge in [-0.05, 0) is 48.1 Å². The van der Waals surface area contributed by atoms with E-state index in [9.17, 15) is 31.5 Å². The minimum Gasteiger partial charge on any atom is -0.337 e. The first-order valence-corrected chi connectivity index (χ1v) is 11.4. The molecule has 1 aromatic heterocycles. The zero-order chi connectivity index (χ0) is 25.6. The molecule has 0 bridgehead atoms. The van der Waals surface area contributed by atoms with Crippen molar-refractivity contribution in [2.75, 3.05) is 32.7 Å². The number of likely N-dealkylation sites (tertiary alicyclic amines) is 1. The molecule has 0 atom stereocenters. The second kappa shape index (κ2) is 9.11. The zero-order valence-electron chi connectivity index (χ0n) is 19.0. The Morgan fingerprint density at radius 2 is 1.72 bits per heavy atom. The van der Waals surface area contributed by atoms with Crippen molar-refractivity contribution in [1.82, 2.24) is 14.8 Å². The lowest BCUT2D eigenvalue weighted by atomic mass is 9.85. The Labute approximate surface area is 203 Å². The number of hydrogen-bond acceptors (Lipinski definition) is 4. The number of carbonyl (C=O) groups is 2. The molecule has 0 unspecified atom stereocenters. The average Bonchev–Trinajstić information content (AvgIpc) is 3.46. The second-order valence-corrected chi connectivity index (χ2v) is 9.04. The van der Waals surface area contributed by atoms with Crippen molar-refractivity contribution in [1.29, 1.82) is 0 Å². The Hall–Kier alpha value is -3.63. The van der Waals surface area contributed by atoms with Gasteiger partial charge in [-0.2, -0.15) is 13.2 Å². The van der Waals surface area contributed by atoms with Crippen molar-refractivity contribution >= 4 is 17.5 Å². The summed E-state index contributed by atoms with van der Waals surface area (Å²) in [4.78, 5) is 37.5. The van der Waals surface area contributed by atoms with Crippen LogP contribution >= 0.6 is 0 Å². The van der Waals surface area contributed by atoms with Crippen LogP contribution in [0.15, 0.2) is 52.8 Å². The highest BCUT2D eigenvalue weighted by Crippen LogP contribution is 2.41. The number of rotatable bonds is 3. The highest BCUT2D eigenvalue weighted by molar-refractivity contribution is 6.46. The quantitative estimate of drug-likeness (QED) is 0.594.